The molecule has 5 nitrogen and oxygen atoms in total. The first-order chi connectivity index (χ1) is 11.6. The van der Waals surface area contributed by atoms with E-state index in [0.717, 1.165) is 6.42 Å². The van der Waals surface area contributed by atoms with Crippen LogP contribution in [0.2, 0.25) is 0 Å². The normalized spacial score (nSPS) is 20.9. The third kappa shape index (κ3) is 3.85. The van der Waals surface area contributed by atoms with Crippen molar-refractivity contribution >= 4 is 16.9 Å². The van der Waals surface area contributed by atoms with Gasteiger partial charge >= 0.3 is 0 Å². The number of para-hydroxylation sites is 1. The summed E-state index contributed by atoms with van der Waals surface area (Å²) in [7, 11) is 0. The van der Waals surface area contributed by atoms with Gasteiger partial charge < -0.3 is 14.5 Å². The molecule has 0 saturated heterocycles. The van der Waals surface area contributed by atoms with Gasteiger partial charge in [-0.3, -0.25) is 9.59 Å². The van der Waals surface area contributed by atoms with Gasteiger partial charge in [0.05, 0.1) is 18.1 Å². The first-order valence-corrected chi connectivity index (χ1v) is 8.58. The number of rotatable bonds is 5. The van der Waals surface area contributed by atoms with Crippen LogP contribution in [0.15, 0.2) is 39.5 Å². The first-order valence-electron chi connectivity index (χ1n) is 8.58. The van der Waals surface area contributed by atoms with Gasteiger partial charge in [-0.1, -0.05) is 31.9 Å². The summed E-state index contributed by atoms with van der Waals surface area (Å²) in [6.45, 7) is 3.09. The Bertz CT molecular complexity index is 767. The standard InChI is InChI=1S/C19H23NO4/c1-13-6-2-4-8-16(13)23-11-10-20-19(22)18-12-15(21)14-7-3-5-9-17(14)24-18/h3,5,7,9,12-13,16H,2,4,6,8,10-11H2,1H3,(H,20,22). The molecule has 1 aromatic carbocycles. The van der Waals surface area contributed by atoms with Crippen molar-refractivity contribution in [2.75, 3.05) is 13.2 Å². The second kappa shape index (κ2) is 7.62. The molecule has 1 heterocycles. The molecular weight excluding hydrogens is 306 g/mol. The lowest BCUT2D eigenvalue weighted by atomic mass is 9.88. The molecule has 0 aliphatic heterocycles. The summed E-state index contributed by atoms with van der Waals surface area (Å²) in [5.41, 5.74) is 0.205. The number of fused-ring (bicyclic) bond motifs is 1. The monoisotopic (exact) mass is 329 g/mol. The van der Waals surface area contributed by atoms with Crippen LogP contribution in [-0.4, -0.2) is 25.2 Å². The number of hydrogen-bond acceptors (Lipinski definition) is 4. The molecule has 2 unspecified atom stereocenters. The predicted octanol–water partition coefficient (Wildman–Crippen LogP) is 3.12. The Hall–Kier alpha value is -2.14. The highest BCUT2D eigenvalue weighted by molar-refractivity contribution is 5.93. The zero-order valence-electron chi connectivity index (χ0n) is 13.9. The molecule has 2 atom stereocenters. The van der Waals surface area contributed by atoms with Crippen molar-refractivity contribution in [3.05, 3.63) is 46.3 Å². The van der Waals surface area contributed by atoms with E-state index in [0.29, 0.717) is 30.0 Å². The largest absolute Gasteiger partial charge is 0.451 e. The Balaban J connectivity index is 1.54. The van der Waals surface area contributed by atoms with E-state index in [9.17, 15) is 9.59 Å². The lowest BCUT2D eigenvalue weighted by Crippen LogP contribution is -2.32. The molecule has 128 valence electrons. The number of hydrogen-bond donors (Lipinski definition) is 1. The second-order valence-electron chi connectivity index (χ2n) is 6.40. The van der Waals surface area contributed by atoms with Gasteiger partial charge in [-0.2, -0.15) is 0 Å². The smallest absolute Gasteiger partial charge is 0.287 e. The van der Waals surface area contributed by atoms with Crippen molar-refractivity contribution in [3.8, 4) is 0 Å². The van der Waals surface area contributed by atoms with Crippen molar-refractivity contribution in [1.29, 1.82) is 0 Å². The van der Waals surface area contributed by atoms with Crippen molar-refractivity contribution < 1.29 is 13.9 Å². The van der Waals surface area contributed by atoms with Crippen LogP contribution in [0.5, 0.6) is 0 Å². The molecule has 2 aromatic rings. The van der Waals surface area contributed by atoms with Crippen LogP contribution in [-0.2, 0) is 4.74 Å². The SMILES string of the molecule is CC1CCCCC1OCCNC(=O)c1cc(=O)c2ccccc2o1. The molecule has 1 amide bonds. The maximum Gasteiger partial charge on any atom is 0.287 e. The number of amides is 1. The molecule has 1 fully saturated rings. The zero-order valence-corrected chi connectivity index (χ0v) is 13.9. The highest BCUT2D eigenvalue weighted by Gasteiger charge is 2.21. The summed E-state index contributed by atoms with van der Waals surface area (Å²) in [6.07, 6.45) is 5.07. The van der Waals surface area contributed by atoms with Crippen molar-refractivity contribution in [1.82, 2.24) is 5.32 Å². The summed E-state index contributed by atoms with van der Waals surface area (Å²) >= 11 is 0. The van der Waals surface area contributed by atoms with E-state index in [1.54, 1.807) is 24.3 Å². The van der Waals surface area contributed by atoms with Gasteiger partial charge in [0.2, 0.25) is 0 Å². The highest BCUT2D eigenvalue weighted by atomic mass is 16.5. The van der Waals surface area contributed by atoms with E-state index in [2.05, 4.69) is 12.2 Å². The van der Waals surface area contributed by atoms with Gasteiger partial charge in [0.15, 0.2) is 11.2 Å². The van der Waals surface area contributed by atoms with Crippen LogP contribution in [0, 0.1) is 5.92 Å². The minimum Gasteiger partial charge on any atom is -0.451 e. The minimum absolute atomic E-state index is 0.0322. The average molecular weight is 329 g/mol. The third-order valence-electron chi connectivity index (χ3n) is 4.61. The molecule has 5 heteroatoms. The molecule has 1 aromatic heterocycles. The number of nitrogens with one attached hydrogen (secondary N) is 1. The van der Waals surface area contributed by atoms with Gasteiger partial charge in [-0.15, -0.1) is 0 Å². The van der Waals surface area contributed by atoms with Gasteiger partial charge in [-0.05, 0) is 30.9 Å². The molecule has 1 aliphatic carbocycles. The van der Waals surface area contributed by atoms with E-state index in [1.807, 2.05) is 0 Å². The van der Waals surface area contributed by atoms with Crippen LogP contribution in [0.25, 0.3) is 11.0 Å². The number of ether oxygens (including phenoxy) is 1. The number of benzene rings is 1. The maximum absolute atomic E-state index is 12.2. The van der Waals surface area contributed by atoms with E-state index in [1.165, 1.54) is 25.3 Å². The van der Waals surface area contributed by atoms with E-state index in [4.69, 9.17) is 9.15 Å². The Labute approximate surface area is 141 Å². The first kappa shape index (κ1) is 16.7. The molecule has 1 N–H and O–H groups in total. The van der Waals surface area contributed by atoms with Gasteiger partial charge in [0, 0.05) is 12.6 Å². The van der Waals surface area contributed by atoms with Crippen molar-refractivity contribution in [3.63, 3.8) is 0 Å². The quantitative estimate of drug-likeness (QED) is 0.856. The Morgan fingerprint density at radius 3 is 2.92 bits per heavy atom. The van der Waals surface area contributed by atoms with Crippen LogP contribution in [0.3, 0.4) is 0 Å². The second-order valence-corrected chi connectivity index (χ2v) is 6.40. The minimum atomic E-state index is -0.391. The zero-order chi connectivity index (χ0) is 16.9. The van der Waals surface area contributed by atoms with Crippen LogP contribution in [0.1, 0.15) is 43.2 Å². The Kier molecular flexibility index (Phi) is 5.30. The van der Waals surface area contributed by atoms with Gasteiger partial charge in [0.1, 0.15) is 5.58 Å². The molecule has 1 aliphatic rings. The highest BCUT2D eigenvalue weighted by Crippen LogP contribution is 2.25. The summed E-state index contributed by atoms with van der Waals surface area (Å²) in [4.78, 5) is 24.2. The molecule has 0 bridgehead atoms. The van der Waals surface area contributed by atoms with Crippen molar-refractivity contribution in [2.45, 2.75) is 38.7 Å². The number of carbonyl (C=O) groups is 1. The third-order valence-corrected chi connectivity index (χ3v) is 4.61. The maximum atomic E-state index is 12.2. The van der Waals surface area contributed by atoms with E-state index in [-0.39, 0.29) is 17.3 Å². The predicted molar refractivity (Wildman–Crippen MR) is 92.2 cm³/mol. The Morgan fingerprint density at radius 2 is 2.08 bits per heavy atom. The lowest BCUT2D eigenvalue weighted by molar-refractivity contribution is -0.00300. The Morgan fingerprint density at radius 1 is 1.29 bits per heavy atom. The topological polar surface area (TPSA) is 68.5 Å². The number of carbonyl (C=O) groups excluding carboxylic acids is 1. The molecule has 3 rings (SSSR count). The molecule has 0 spiro atoms. The van der Waals surface area contributed by atoms with Gasteiger partial charge in [0.25, 0.3) is 5.91 Å². The van der Waals surface area contributed by atoms with Gasteiger partial charge in [-0.25, -0.2) is 0 Å². The summed E-state index contributed by atoms with van der Waals surface area (Å²) < 4.78 is 11.4. The molecule has 1 saturated carbocycles. The van der Waals surface area contributed by atoms with E-state index < -0.39 is 5.91 Å². The van der Waals surface area contributed by atoms with E-state index >= 15 is 0 Å². The summed E-state index contributed by atoms with van der Waals surface area (Å²) in [6, 6.07) is 8.14. The van der Waals surface area contributed by atoms with Crippen molar-refractivity contribution in [2.24, 2.45) is 5.92 Å². The fraction of sp³-hybridized carbons (Fsp3) is 0.474. The summed E-state index contributed by atoms with van der Waals surface area (Å²) in [5.74, 6) is 0.218. The van der Waals surface area contributed by atoms with Crippen LogP contribution in [0.4, 0.5) is 0 Å². The lowest BCUT2D eigenvalue weighted by Gasteiger charge is -2.28. The molecule has 24 heavy (non-hydrogen) atoms. The summed E-state index contributed by atoms with van der Waals surface area (Å²) in [5, 5.41) is 3.22. The molecule has 0 radical (unpaired) electrons. The molecular formula is C19H23NO4. The van der Waals surface area contributed by atoms with Crippen LogP contribution < -0.4 is 10.7 Å². The fourth-order valence-corrected chi connectivity index (χ4v) is 3.21. The average Bonchev–Trinajstić information content (AvgIpc) is 2.60. The van der Waals surface area contributed by atoms with Crippen LogP contribution >= 0.6 is 0 Å². The fourth-order valence-electron chi connectivity index (χ4n) is 3.21.